The number of tetrazole rings is 1. The zero-order chi connectivity index (χ0) is 42.0. The smallest absolute Gasteiger partial charge is 0.361 e. The molecule has 0 fully saturated rings. The Labute approximate surface area is 360 Å². The van der Waals surface area contributed by atoms with Crippen LogP contribution >= 0.6 is 27.5 Å². The fraction of sp³-hybridized carbons (Fsp3) is 0.191. The van der Waals surface area contributed by atoms with Crippen molar-refractivity contribution in [2.45, 2.75) is 46.2 Å². The van der Waals surface area contributed by atoms with Gasteiger partial charge in [0.25, 0.3) is 0 Å². The van der Waals surface area contributed by atoms with Gasteiger partial charge >= 0.3 is 11.9 Å². The number of carbonyl (C=O) groups excluding carboxylic acids is 2. The largest absolute Gasteiger partial charge is 0.455 e. The van der Waals surface area contributed by atoms with E-state index in [1.165, 1.54) is 0 Å². The number of carbonyl (C=O) groups is 2. The monoisotopic (exact) mass is 882 g/mol. The van der Waals surface area contributed by atoms with Gasteiger partial charge in [-0.2, -0.15) is 0 Å². The molecule has 0 unspecified atom stereocenters. The van der Waals surface area contributed by atoms with Crippen molar-refractivity contribution in [2.75, 3.05) is 6.79 Å². The summed E-state index contributed by atoms with van der Waals surface area (Å²) in [7, 11) is 0. The van der Waals surface area contributed by atoms with Gasteiger partial charge in [-0.1, -0.05) is 140 Å². The SMILES string of the molecule is CCc1nc(Cl)c(C(=O)OCOC(=O)C(C)(C)C)n1Cc1ccc2oc(-c3ccccc3-c3nnn(C(c4ccccc4)(c4ccccc4)c4ccccc4)n3)c(Br)c2c1. The van der Waals surface area contributed by atoms with Crippen LogP contribution < -0.4 is 0 Å². The Morgan fingerprint density at radius 3 is 1.95 bits per heavy atom. The molecule has 60 heavy (non-hydrogen) atoms. The highest BCUT2D eigenvalue weighted by atomic mass is 79.9. The molecule has 11 nitrogen and oxygen atoms in total. The molecule has 3 heterocycles. The van der Waals surface area contributed by atoms with Crippen molar-refractivity contribution in [3.63, 3.8) is 0 Å². The van der Waals surface area contributed by atoms with Crippen LogP contribution in [0.25, 0.3) is 33.7 Å². The molecular formula is C47H40BrClN6O5. The van der Waals surface area contributed by atoms with E-state index in [9.17, 15) is 9.59 Å². The third-order valence-electron chi connectivity index (χ3n) is 10.2. The molecule has 0 aliphatic carbocycles. The van der Waals surface area contributed by atoms with Gasteiger partial charge in [-0.05, 0) is 76.3 Å². The zero-order valence-electron chi connectivity index (χ0n) is 33.3. The fourth-order valence-electron chi connectivity index (χ4n) is 7.32. The van der Waals surface area contributed by atoms with Crippen LogP contribution in [-0.2, 0) is 32.8 Å². The van der Waals surface area contributed by atoms with Crippen LogP contribution in [-0.4, -0.2) is 48.5 Å². The molecule has 0 N–H and O–H groups in total. The Hall–Kier alpha value is -6.37. The maximum absolute atomic E-state index is 13.3. The Bertz CT molecular complexity index is 2720. The van der Waals surface area contributed by atoms with Gasteiger partial charge in [-0.15, -0.1) is 15.0 Å². The summed E-state index contributed by atoms with van der Waals surface area (Å²) in [6.07, 6.45) is 0.506. The number of hydrogen-bond donors (Lipinski definition) is 0. The second-order valence-electron chi connectivity index (χ2n) is 15.2. The molecule has 8 rings (SSSR count). The fourth-order valence-corrected chi connectivity index (χ4v) is 8.20. The maximum atomic E-state index is 13.3. The molecule has 0 amide bonds. The molecule has 0 spiro atoms. The molecular weight excluding hydrogens is 844 g/mol. The molecule has 302 valence electrons. The van der Waals surface area contributed by atoms with Crippen LogP contribution in [0.5, 0.6) is 0 Å². The minimum absolute atomic E-state index is 0.00236. The number of furan rings is 1. The Kier molecular flexibility index (Phi) is 11.3. The molecule has 8 aromatic rings. The second-order valence-corrected chi connectivity index (χ2v) is 16.3. The van der Waals surface area contributed by atoms with Gasteiger partial charge in [-0.3, -0.25) is 4.79 Å². The highest BCUT2D eigenvalue weighted by Crippen LogP contribution is 2.43. The molecule has 0 bridgehead atoms. The maximum Gasteiger partial charge on any atom is 0.361 e. The zero-order valence-corrected chi connectivity index (χ0v) is 35.6. The predicted octanol–water partition coefficient (Wildman–Crippen LogP) is 10.5. The molecule has 3 aromatic heterocycles. The van der Waals surface area contributed by atoms with E-state index in [-0.39, 0.29) is 17.4 Å². The summed E-state index contributed by atoms with van der Waals surface area (Å²) in [5, 5.41) is 15.4. The number of halogens is 2. The molecule has 5 aromatic carbocycles. The van der Waals surface area contributed by atoms with Crippen LogP contribution in [0.1, 0.15) is 66.3 Å². The molecule has 0 saturated carbocycles. The van der Waals surface area contributed by atoms with Gasteiger partial charge < -0.3 is 18.5 Å². The van der Waals surface area contributed by atoms with Crippen molar-refractivity contribution in [3.05, 3.63) is 177 Å². The van der Waals surface area contributed by atoms with Crippen LogP contribution in [0, 0.1) is 5.41 Å². The van der Waals surface area contributed by atoms with Crippen molar-refractivity contribution < 1.29 is 23.5 Å². The first kappa shape index (κ1) is 40.4. The molecule has 0 atom stereocenters. The first-order valence-electron chi connectivity index (χ1n) is 19.4. The van der Waals surface area contributed by atoms with Gasteiger partial charge in [0.2, 0.25) is 12.6 Å². The topological polar surface area (TPSA) is 127 Å². The second kappa shape index (κ2) is 16.7. The number of aromatic nitrogens is 6. The highest BCUT2D eigenvalue weighted by Gasteiger charge is 2.41. The molecule has 13 heteroatoms. The first-order chi connectivity index (χ1) is 29.0. The third-order valence-corrected chi connectivity index (χ3v) is 11.3. The summed E-state index contributed by atoms with van der Waals surface area (Å²) in [6.45, 7) is 6.78. The minimum atomic E-state index is -0.937. The van der Waals surface area contributed by atoms with Crippen LogP contribution in [0.3, 0.4) is 0 Å². The van der Waals surface area contributed by atoms with Gasteiger partial charge in [0.1, 0.15) is 17.2 Å². The van der Waals surface area contributed by atoms with E-state index < -0.39 is 29.7 Å². The van der Waals surface area contributed by atoms with Gasteiger partial charge in [0, 0.05) is 29.5 Å². The lowest BCUT2D eigenvalue weighted by Crippen LogP contribution is -2.39. The van der Waals surface area contributed by atoms with Gasteiger partial charge in [0.15, 0.2) is 16.4 Å². The highest BCUT2D eigenvalue weighted by molar-refractivity contribution is 9.10. The average Bonchev–Trinajstić information content (AvgIpc) is 3.97. The lowest BCUT2D eigenvalue weighted by atomic mass is 9.77. The van der Waals surface area contributed by atoms with Crippen molar-refractivity contribution in [1.29, 1.82) is 0 Å². The first-order valence-corrected chi connectivity index (χ1v) is 20.5. The van der Waals surface area contributed by atoms with E-state index in [4.69, 9.17) is 40.9 Å². The van der Waals surface area contributed by atoms with Crippen LogP contribution in [0.15, 0.2) is 142 Å². The third kappa shape index (κ3) is 7.52. The Morgan fingerprint density at radius 2 is 1.37 bits per heavy atom. The van der Waals surface area contributed by atoms with E-state index in [1.54, 1.807) is 30.1 Å². The van der Waals surface area contributed by atoms with Crippen molar-refractivity contribution in [1.82, 2.24) is 29.8 Å². The van der Waals surface area contributed by atoms with Gasteiger partial charge in [-0.25, -0.2) is 9.78 Å². The van der Waals surface area contributed by atoms with Crippen molar-refractivity contribution in [3.8, 4) is 22.7 Å². The van der Waals surface area contributed by atoms with Gasteiger partial charge in [0.05, 0.1) is 9.89 Å². The van der Waals surface area contributed by atoms with E-state index in [0.29, 0.717) is 29.4 Å². The summed E-state index contributed by atoms with van der Waals surface area (Å²) in [4.78, 5) is 31.7. The summed E-state index contributed by atoms with van der Waals surface area (Å²) < 4.78 is 19.5. The number of benzene rings is 5. The lowest BCUT2D eigenvalue weighted by molar-refractivity contribution is -0.161. The minimum Gasteiger partial charge on any atom is -0.455 e. The van der Waals surface area contributed by atoms with E-state index in [1.807, 2.05) is 104 Å². The molecule has 0 aliphatic rings. The van der Waals surface area contributed by atoms with Crippen LogP contribution in [0.4, 0.5) is 0 Å². The number of fused-ring (bicyclic) bond motifs is 1. The standard InChI is InChI=1S/C47H40BrClN6O5/c1-5-38-50-42(49)40(44(56)58-29-59-45(57)46(2,3)4)54(38)28-30-25-26-37-36(27-30)39(48)41(60-37)34-23-15-16-24-35(34)43-51-53-55(52-43)47(31-17-9-6-10-18-31,32-19-11-7-12-20-32)33-21-13-8-14-22-33/h6-27H,5,28-29H2,1-4H3. The van der Waals surface area contributed by atoms with Crippen molar-refractivity contribution >= 4 is 50.4 Å². The quantitative estimate of drug-likeness (QED) is 0.0669. The average molecular weight is 884 g/mol. The molecule has 0 radical (unpaired) electrons. The number of imidazole rings is 1. The van der Waals surface area contributed by atoms with Crippen molar-refractivity contribution in [2.24, 2.45) is 5.41 Å². The van der Waals surface area contributed by atoms with E-state index in [0.717, 1.165) is 43.2 Å². The normalized spacial score (nSPS) is 11.8. The number of rotatable bonds is 12. The van der Waals surface area contributed by atoms with E-state index >= 15 is 0 Å². The Morgan fingerprint density at radius 1 is 0.783 bits per heavy atom. The summed E-state index contributed by atoms with van der Waals surface area (Å²) in [6, 6.07) is 44.2. The molecule has 0 aliphatic heterocycles. The lowest BCUT2D eigenvalue weighted by Gasteiger charge is -2.34. The number of nitrogens with zero attached hydrogens (tertiary/aromatic N) is 6. The molecule has 0 saturated heterocycles. The predicted molar refractivity (Wildman–Crippen MR) is 232 cm³/mol. The Balaban J connectivity index is 1.15. The number of ether oxygens (including phenoxy) is 2. The number of hydrogen-bond acceptors (Lipinski definition) is 9. The van der Waals surface area contributed by atoms with Crippen LogP contribution in [0.2, 0.25) is 5.15 Å². The summed E-state index contributed by atoms with van der Waals surface area (Å²) in [5.74, 6) is 0.350. The summed E-state index contributed by atoms with van der Waals surface area (Å²) >= 11 is 10.4. The summed E-state index contributed by atoms with van der Waals surface area (Å²) in [5.41, 5.74) is 4.29. The number of esters is 2. The number of aryl methyl sites for hydroxylation is 1. The van der Waals surface area contributed by atoms with E-state index in [2.05, 4.69) is 57.3 Å².